The molecule has 210 valence electrons. The lowest BCUT2D eigenvalue weighted by Gasteiger charge is -2.34. The maximum absolute atomic E-state index is 13.5. The molecule has 39 heavy (non-hydrogen) atoms. The third-order valence-corrected chi connectivity index (χ3v) is 7.26. The Kier molecular flexibility index (Phi) is 9.61. The van der Waals surface area contributed by atoms with Crippen molar-refractivity contribution in [2.24, 2.45) is 0 Å². The molecule has 11 heteroatoms. The second-order valence-electron chi connectivity index (χ2n) is 9.81. The Labute approximate surface area is 231 Å². The Morgan fingerprint density at radius 2 is 1.72 bits per heavy atom. The first-order valence-electron chi connectivity index (χ1n) is 13.5. The number of carbonyl (C=O) groups excluding carboxylic acids is 1. The summed E-state index contributed by atoms with van der Waals surface area (Å²) in [6.07, 6.45) is 2.83. The number of nitrogens with one attached hydrogen (secondary N) is 1. The molecule has 7 nitrogen and oxygen atoms in total. The number of hydrogen-bond acceptors (Lipinski definition) is 6. The zero-order chi connectivity index (χ0) is 28.0. The molecule has 0 radical (unpaired) electrons. The van der Waals surface area contributed by atoms with Crippen molar-refractivity contribution < 1.29 is 18.0 Å². The van der Waals surface area contributed by atoms with Gasteiger partial charge in [-0.3, -0.25) is 9.69 Å². The third kappa shape index (κ3) is 6.97. The average molecular weight is 563 g/mol. The van der Waals surface area contributed by atoms with Crippen molar-refractivity contribution in [3.8, 4) is 0 Å². The van der Waals surface area contributed by atoms with E-state index >= 15 is 0 Å². The van der Waals surface area contributed by atoms with Gasteiger partial charge in [0.15, 0.2) is 0 Å². The van der Waals surface area contributed by atoms with Gasteiger partial charge in [0.2, 0.25) is 5.82 Å². The Morgan fingerprint density at radius 3 is 2.33 bits per heavy atom. The van der Waals surface area contributed by atoms with Crippen molar-refractivity contribution in [3.63, 3.8) is 0 Å². The predicted molar refractivity (Wildman–Crippen MR) is 147 cm³/mol. The minimum absolute atomic E-state index is 0.173. The predicted octanol–water partition coefficient (Wildman–Crippen LogP) is 6.28. The molecule has 1 unspecified atom stereocenters. The fraction of sp³-hybridized carbons (Fsp3) is 0.500. The van der Waals surface area contributed by atoms with E-state index in [1.165, 1.54) is 12.4 Å². The molecular formula is C28H34ClF3N6O. The van der Waals surface area contributed by atoms with Crippen LogP contribution in [0.5, 0.6) is 0 Å². The number of nitrogens with zero attached hydrogens (tertiary/aromatic N) is 5. The first-order valence-corrected chi connectivity index (χ1v) is 13.9. The molecule has 1 atom stereocenters. The molecule has 1 aliphatic rings. The van der Waals surface area contributed by atoms with Crippen molar-refractivity contribution in [2.45, 2.75) is 58.2 Å². The fourth-order valence-electron chi connectivity index (χ4n) is 5.08. The van der Waals surface area contributed by atoms with Gasteiger partial charge in [0.05, 0.1) is 22.1 Å². The molecule has 1 aromatic carbocycles. The largest absolute Gasteiger partial charge is 0.451 e. The highest BCUT2D eigenvalue weighted by atomic mass is 35.5. The highest BCUT2D eigenvalue weighted by molar-refractivity contribution is 6.35. The van der Waals surface area contributed by atoms with Gasteiger partial charge in [0, 0.05) is 43.0 Å². The lowest BCUT2D eigenvalue weighted by Crippen LogP contribution is -2.41. The molecule has 0 saturated carbocycles. The van der Waals surface area contributed by atoms with Crippen molar-refractivity contribution >= 4 is 34.2 Å². The van der Waals surface area contributed by atoms with E-state index in [0.29, 0.717) is 27.1 Å². The molecule has 1 aliphatic heterocycles. The number of aromatic nitrogens is 3. The molecule has 4 rings (SSSR count). The van der Waals surface area contributed by atoms with Crippen LogP contribution in [0.25, 0.3) is 10.9 Å². The lowest BCUT2D eigenvalue weighted by atomic mass is 10.0. The number of rotatable bonds is 10. The molecular weight excluding hydrogens is 529 g/mol. The van der Waals surface area contributed by atoms with E-state index in [9.17, 15) is 18.0 Å². The Morgan fingerprint density at radius 1 is 1.05 bits per heavy atom. The van der Waals surface area contributed by atoms with Gasteiger partial charge in [-0.05, 0) is 63.0 Å². The molecule has 0 aliphatic carbocycles. The van der Waals surface area contributed by atoms with E-state index in [2.05, 4.69) is 38.9 Å². The van der Waals surface area contributed by atoms with Crippen LogP contribution in [0.3, 0.4) is 0 Å². The van der Waals surface area contributed by atoms with Crippen molar-refractivity contribution in [1.82, 2.24) is 25.2 Å². The summed E-state index contributed by atoms with van der Waals surface area (Å²) < 4.78 is 39.0. The van der Waals surface area contributed by atoms with E-state index in [0.717, 1.165) is 64.1 Å². The highest BCUT2D eigenvalue weighted by Gasteiger charge is 2.35. The smallest absolute Gasteiger partial charge is 0.357 e. The second-order valence-corrected chi connectivity index (χ2v) is 10.2. The number of halogens is 4. The maximum Gasteiger partial charge on any atom is 0.451 e. The molecule has 3 aromatic rings. The van der Waals surface area contributed by atoms with Gasteiger partial charge in [-0.25, -0.2) is 15.0 Å². The maximum atomic E-state index is 13.5. The number of likely N-dealkylation sites (tertiary alicyclic amines) is 1. The summed E-state index contributed by atoms with van der Waals surface area (Å²) in [7, 11) is 0. The van der Waals surface area contributed by atoms with Crippen LogP contribution in [0.1, 0.15) is 73.7 Å². The van der Waals surface area contributed by atoms with Crippen molar-refractivity contribution in [2.75, 3.05) is 37.6 Å². The van der Waals surface area contributed by atoms with E-state index in [1.54, 1.807) is 6.07 Å². The summed E-state index contributed by atoms with van der Waals surface area (Å²) in [6, 6.07) is 6.90. The SMILES string of the molecule is CCCN(CCC)c1ccc2c(C(=O)NCC(c3cnc(C(F)(F)F)nc3)N3CCCCC3)c(Cl)ccc2n1. The van der Waals surface area contributed by atoms with Gasteiger partial charge in [-0.2, -0.15) is 13.2 Å². The molecule has 0 bridgehead atoms. The molecule has 1 fully saturated rings. The summed E-state index contributed by atoms with van der Waals surface area (Å²) in [6.45, 7) is 7.74. The second kappa shape index (κ2) is 12.9. The topological polar surface area (TPSA) is 74.2 Å². The summed E-state index contributed by atoms with van der Waals surface area (Å²) >= 11 is 6.51. The number of hydrogen-bond donors (Lipinski definition) is 1. The zero-order valence-corrected chi connectivity index (χ0v) is 23.0. The summed E-state index contributed by atoms with van der Waals surface area (Å²) in [5, 5.41) is 3.92. The van der Waals surface area contributed by atoms with Crippen LogP contribution < -0.4 is 10.2 Å². The monoisotopic (exact) mass is 562 g/mol. The summed E-state index contributed by atoms with van der Waals surface area (Å²) in [5.74, 6) is -0.695. The number of alkyl halides is 3. The summed E-state index contributed by atoms with van der Waals surface area (Å²) in [5.41, 5.74) is 1.52. The zero-order valence-electron chi connectivity index (χ0n) is 22.3. The van der Waals surface area contributed by atoms with Crippen LogP contribution in [0.15, 0.2) is 36.7 Å². The van der Waals surface area contributed by atoms with Crippen molar-refractivity contribution in [1.29, 1.82) is 0 Å². The van der Waals surface area contributed by atoms with Gasteiger partial charge in [0.25, 0.3) is 5.91 Å². The van der Waals surface area contributed by atoms with Crippen LogP contribution in [-0.2, 0) is 6.18 Å². The standard InChI is InChI=1S/C28H34ClF3N6O/c1-3-12-38(13-4-2)24-11-8-20-22(36-24)10-9-21(29)25(20)26(39)33-18-23(37-14-6-5-7-15-37)19-16-34-27(35-17-19)28(30,31)32/h8-11,16-17,23H,3-7,12-15,18H2,1-2H3,(H,33,39). The first-order chi connectivity index (χ1) is 18.7. The third-order valence-electron chi connectivity index (χ3n) is 6.94. The van der Waals surface area contributed by atoms with Crippen LogP contribution in [-0.4, -0.2) is 58.5 Å². The van der Waals surface area contributed by atoms with Crippen LogP contribution in [0, 0.1) is 0 Å². The normalized spacial score (nSPS) is 15.3. The minimum Gasteiger partial charge on any atom is -0.357 e. The van der Waals surface area contributed by atoms with E-state index in [-0.39, 0.29) is 18.5 Å². The molecule has 1 N–H and O–H groups in total. The van der Waals surface area contributed by atoms with Gasteiger partial charge in [-0.15, -0.1) is 0 Å². The molecule has 3 heterocycles. The van der Waals surface area contributed by atoms with Gasteiger partial charge >= 0.3 is 6.18 Å². The first kappa shape index (κ1) is 29.0. The van der Waals surface area contributed by atoms with E-state index < -0.39 is 12.0 Å². The summed E-state index contributed by atoms with van der Waals surface area (Å²) in [4.78, 5) is 29.8. The van der Waals surface area contributed by atoms with Crippen LogP contribution in [0.4, 0.5) is 19.0 Å². The molecule has 1 amide bonds. The van der Waals surface area contributed by atoms with Crippen LogP contribution >= 0.6 is 11.6 Å². The number of benzene rings is 1. The fourth-order valence-corrected chi connectivity index (χ4v) is 5.33. The Hall–Kier alpha value is -2.98. The minimum atomic E-state index is -4.61. The highest BCUT2D eigenvalue weighted by Crippen LogP contribution is 2.30. The van der Waals surface area contributed by atoms with E-state index in [1.807, 2.05) is 18.2 Å². The number of carbonyl (C=O) groups is 1. The number of pyridine rings is 1. The quantitative estimate of drug-likeness (QED) is 0.313. The average Bonchev–Trinajstić information content (AvgIpc) is 2.93. The lowest BCUT2D eigenvalue weighted by molar-refractivity contribution is -0.145. The van der Waals surface area contributed by atoms with Crippen molar-refractivity contribution in [3.05, 3.63) is 58.6 Å². The number of anilines is 1. The van der Waals surface area contributed by atoms with Crippen LogP contribution in [0.2, 0.25) is 5.02 Å². The molecule has 0 spiro atoms. The van der Waals surface area contributed by atoms with E-state index in [4.69, 9.17) is 16.6 Å². The Balaban J connectivity index is 1.58. The van der Waals surface area contributed by atoms with Gasteiger partial charge in [0.1, 0.15) is 5.82 Å². The van der Waals surface area contributed by atoms with Gasteiger partial charge < -0.3 is 10.2 Å². The molecule has 1 saturated heterocycles. The number of amides is 1. The number of piperidine rings is 1. The Bertz CT molecular complexity index is 1260. The molecule has 2 aromatic heterocycles. The van der Waals surface area contributed by atoms with Gasteiger partial charge in [-0.1, -0.05) is 31.9 Å². The number of fused-ring (bicyclic) bond motifs is 1.